The molecule has 1 heterocycles. The average Bonchev–Trinajstić information content (AvgIpc) is 3.32. The summed E-state index contributed by atoms with van der Waals surface area (Å²) in [7, 11) is 0. The fourth-order valence-electron chi connectivity index (χ4n) is 4.49. The molecule has 196 valence electrons. The third kappa shape index (κ3) is 7.98. The van der Waals surface area contributed by atoms with Gasteiger partial charge in [-0.25, -0.2) is 0 Å². The molecular weight excluding hydrogens is 508 g/mol. The lowest BCUT2D eigenvalue weighted by molar-refractivity contribution is -0.0793. The molecule has 0 aliphatic carbocycles. The first-order chi connectivity index (χ1) is 18.8. The molecule has 1 aliphatic heterocycles. The van der Waals surface area contributed by atoms with Gasteiger partial charge in [0.25, 0.3) is 0 Å². The Bertz CT molecular complexity index is 1190. The van der Waals surface area contributed by atoms with Crippen LogP contribution in [-0.2, 0) is 39.8 Å². The normalized spacial score (nSPS) is 20.9. The largest absolute Gasteiger partial charge is 0.376 e. The van der Waals surface area contributed by atoms with Crippen LogP contribution in [0.15, 0.2) is 121 Å². The summed E-state index contributed by atoms with van der Waals surface area (Å²) in [6, 6.07) is 41.8. The molecule has 1 unspecified atom stereocenters. The Morgan fingerprint density at radius 3 is 1.50 bits per heavy atom. The van der Waals surface area contributed by atoms with Crippen molar-refractivity contribution in [1.29, 1.82) is 0 Å². The van der Waals surface area contributed by atoms with Crippen LogP contribution in [0.1, 0.15) is 22.3 Å². The van der Waals surface area contributed by atoms with E-state index in [0.29, 0.717) is 26.4 Å². The molecule has 1 saturated heterocycles. The van der Waals surface area contributed by atoms with Gasteiger partial charge in [0.05, 0.1) is 36.3 Å². The van der Waals surface area contributed by atoms with Crippen molar-refractivity contribution in [3.8, 4) is 0 Å². The summed E-state index contributed by atoms with van der Waals surface area (Å²) in [5.74, 6) is 0.937. The van der Waals surface area contributed by atoms with E-state index in [2.05, 4.69) is 103 Å². The first-order valence-electron chi connectivity index (χ1n) is 13.1. The molecule has 4 aromatic carbocycles. The number of rotatable bonds is 13. The molecule has 1 aliphatic rings. The van der Waals surface area contributed by atoms with Gasteiger partial charge in [0.15, 0.2) is 0 Å². The maximum Gasteiger partial charge on any atom is 0.106 e. The molecular formula is C33H34O3S2. The first kappa shape index (κ1) is 27.0. The monoisotopic (exact) mass is 542 g/mol. The van der Waals surface area contributed by atoms with Crippen molar-refractivity contribution in [3.63, 3.8) is 0 Å². The smallest absolute Gasteiger partial charge is 0.106 e. The molecule has 0 aromatic heterocycles. The number of thioether (sulfide) groups is 2. The van der Waals surface area contributed by atoms with Crippen molar-refractivity contribution < 1.29 is 14.2 Å². The molecule has 0 amide bonds. The number of hydrogen-bond acceptors (Lipinski definition) is 5. The molecule has 5 rings (SSSR count). The molecule has 4 aromatic rings. The fourth-order valence-corrected chi connectivity index (χ4v) is 7.71. The highest BCUT2D eigenvalue weighted by Crippen LogP contribution is 2.45. The quantitative estimate of drug-likeness (QED) is 0.172. The van der Waals surface area contributed by atoms with E-state index < -0.39 is 0 Å². The van der Waals surface area contributed by atoms with E-state index in [9.17, 15) is 0 Å². The second kappa shape index (κ2) is 14.6. The molecule has 3 nitrogen and oxygen atoms in total. The second-order valence-electron chi connectivity index (χ2n) is 9.36. The third-order valence-corrected chi connectivity index (χ3v) is 9.62. The van der Waals surface area contributed by atoms with Crippen molar-refractivity contribution in [2.75, 3.05) is 6.61 Å². The van der Waals surface area contributed by atoms with E-state index in [1.54, 1.807) is 0 Å². The molecule has 0 N–H and O–H groups in total. The van der Waals surface area contributed by atoms with Crippen molar-refractivity contribution in [2.24, 2.45) is 0 Å². The van der Waals surface area contributed by atoms with Crippen LogP contribution in [0, 0.1) is 0 Å². The van der Waals surface area contributed by atoms with E-state index in [0.717, 1.165) is 5.75 Å². The molecule has 5 heteroatoms. The Morgan fingerprint density at radius 2 is 0.974 bits per heavy atom. The van der Waals surface area contributed by atoms with Crippen LogP contribution < -0.4 is 0 Å². The molecule has 0 spiro atoms. The third-order valence-electron chi connectivity index (χ3n) is 6.49. The predicted octanol–water partition coefficient (Wildman–Crippen LogP) is 7.75. The van der Waals surface area contributed by atoms with E-state index in [1.807, 2.05) is 41.7 Å². The van der Waals surface area contributed by atoms with Crippen LogP contribution in [0.3, 0.4) is 0 Å². The molecule has 0 bridgehead atoms. The lowest BCUT2D eigenvalue weighted by Gasteiger charge is -2.26. The minimum Gasteiger partial charge on any atom is -0.376 e. The lowest BCUT2D eigenvalue weighted by Crippen LogP contribution is -2.38. The van der Waals surface area contributed by atoms with Crippen LogP contribution in [0.4, 0.5) is 0 Å². The van der Waals surface area contributed by atoms with Crippen molar-refractivity contribution in [1.82, 2.24) is 0 Å². The van der Waals surface area contributed by atoms with Gasteiger partial charge in [-0.05, 0) is 22.3 Å². The van der Waals surface area contributed by atoms with Crippen molar-refractivity contribution in [3.05, 3.63) is 144 Å². The van der Waals surface area contributed by atoms with E-state index in [1.165, 1.54) is 22.3 Å². The number of ether oxygens (including phenoxy) is 3. The predicted molar refractivity (Wildman–Crippen MR) is 159 cm³/mol. The number of benzene rings is 4. The summed E-state index contributed by atoms with van der Waals surface area (Å²) in [6.07, 6.45) is -0.129. The Labute approximate surface area is 234 Å². The first-order valence-corrected chi connectivity index (χ1v) is 15.1. The van der Waals surface area contributed by atoms with Crippen molar-refractivity contribution in [2.45, 2.75) is 47.6 Å². The van der Waals surface area contributed by atoms with Gasteiger partial charge in [0, 0.05) is 5.75 Å². The highest BCUT2D eigenvalue weighted by molar-refractivity contribution is 8.17. The van der Waals surface area contributed by atoms with E-state index in [-0.39, 0.29) is 22.0 Å². The van der Waals surface area contributed by atoms with Crippen LogP contribution >= 0.6 is 23.5 Å². The zero-order valence-electron chi connectivity index (χ0n) is 21.4. The SMILES string of the molecule is c1ccc(COC[C@H]2SC(SCc3ccccc3)[C@H](OCc3ccccc3)[C@H]2OCc2ccccc2)cc1. The van der Waals surface area contributed by atoms with Crippen LogP contribution in [0.25, 0.3) is 0 Å². The van der Waals surface area contributed by atoms with Gasteiger partial charge in [-0.15, -0.1) is 23.5 Å². The van der Waals surface area contributed by atoms with E-state index >= 15 is 0 Å². The van der Waals surface area contributed by atoms with Gasteiger partial charge in [-0.1, -0.05) is 121 Å². The summed E-state index contributed by atoms with van der Waals surface area (Å²) < 4.78 is 19.8. The highest BCUT2D eigenvalue weighted by atomic mass is 32.2. The zero-order valence-corrected chi connectivity index (χ0v) is 23.1. The summed E-state index contributed by atoms with van der Waals surface area (Å²) in [5, 5.41) is 0.177. The Balaban J connectivity index is 1.31. The van der Waals surface area contributed by atoms with Gasteiger partial charge >= 0.3 is 0 Å². The van der Waals surface area contributed by atoms with E-state index in [4.69, 9.17) is 14.2 Å². The van der Waals surface area contributed by atoms with Gasteiger partial charge < -0.3 is 14.2 Å². The average molecular weight is 543 g/mol. The standard InChI is InChI=1S/C33H34O3S2/c1-5-13-26(14-6-1)21-34-24-30-31(35-22-27-15-7-2-8-16-27)32(36-23-28-17-9-3-10-18-28)33(38-30)37-25-29-19-11-4-12-20-29/h1-20,30-33H,21-25H2/t30-,31+,32-,33?/m1/s1. The van der Waals surface area contributed by atoms with Crippen LogP contribution in [0.5, 0.6) is 0 Å². The van der Waals surface area contributed by atoms with Gasteiger partial charge in [0.2, 0.25) is 0 Å². The molecule has 1 fully saturated rings. The summed E-state index contributed by atoms with van der Waals surface area (Å²) in [5.41, 5.74) is 4.85. The Hall–Kier alpha value is -2.54. The second-order valence-corrected chi connectivity index (χ2v) is 12.2. The number of hydrogen-bond donors (Lipinski definition) is 0. The van der Waals surface area contributed by atoms with Gasteiger partial charge in [-0.2, -0.15) is 0 Å². The summed E-state index contributed by atoms with van der Waals surface area (Å²) in [6.45, 7) is 2.34. The summed E-state index contributed by atoms with van der Waals surface area (Å²) >= 11 is 3.88. The Kier molecular flexibility index (Phi) is 10.4. The highest BCUT2D eigenvalue weighted by Gasteiger charge is 2.46. The maximum atomic E-state index is 6.66. The minimum atomic E-state index is -0.0760. The Morgan fingerprint density at radius 1 is 0.526 bits per heavy atom. The van der Waals surface area contributed by atoms with Gasteiger partial charge in [-0.3, -0.25) is 0 Å². The van der Waals surface area contributed by atoms with Crippen LogP contribution in [0.2, 0.25) is 0 Å². The molecule has 0 saturated carbocycles. The zero-order chi connectivity index (χ0) is 25.8. The fraction of sp³-hybridized carbons (Fsp3) is 0.273. The summed E-state index contributed by atoms with van der Waals surface area (Å²) in [4.78, 5) is 0. The molecule has 38 heavy (non-hydrogen) atoms. The van der Waals surface area contributed by atoms with Crippen molar-refractivity contribution >= 4 is 23.5 Å². The van der Waals surface area contributed by atoms with Gasteiger partial charge in [0.1, 0.15) is 12.2 Å². The minimum absolute atomic E-state index is 0.0528. The topological polar surface area (TPSA) is 27.7 Å². The van der Waals surface area contributed by atoms with Crippen LogP contribution in [-0.4, -0.2) is 28.6 Å². The molecule has 0 radical (unpaired) electrons. The maximum absolute atomic E-state index is 6.66. The lowest BCUT2D eigenvalue weighted by atomic mass is 10.1. The molecule has 4 atom stereocenters.